The standard InChI is InChI=1S/C16H21N3O5S/c20-15(17-11-14-3-1-9-24-14)16(21)18-12-4-6-13(7-5-12)19-8-2-10-25(19,22)23/h4-7,14H,1-3,8-11H2,(H,17,20)(H,18,21). The number of ether oxygens (including phenoxy) is 1. The first-order chi connectivity index (χ1) is 12.0. The Morgan fingerprint density at radius 3 is 2.52 bits per heavy atom. The molecule has 2 saturated heterocycles. The highest BCUT2D eigenvalue weighted by Crippen LogP contribution is 2.25. The predicted molar refractivity (Wildman–Crippen MR) is 92.8 cm³/mol. The fourth-order valence-corrected chi connectivity index (χ4v) is 4.49. The summed E-state index contributed by atoms with van der Waals surface area (Å²) in [6.45, 7) is 1.46. The second kappa shape index (κ2) is 7.40. The molecule has 136 valence electrons. The summed E-state index contributed by atoms with van der Waals surface area (Å²) in [4.78, 5) is 23.7. The lowest BCUT2D eigenvalue weighted by Crippen LogP contribution is -2.39. The quantitative estimate of drug-likeness (QED) is 0.753. The van der Waals surface area contributed by atoms with E-state index in [-0.39, 0.29) is 11.9 Å². The zero-order valence-corrected chi connectivity index (χ0v) is 14.5. The van der Waals surface area contributed by atoms with Crippen molar-refractivity contribution < 1.29 is 22.7 Å². The van der Waals surface area contributed by atoms with E-state index in [1.54, 1.807) is 24.3 Å². The van der Waals surface area contributed by atoms with Gasteiger partial charge in [-0.15, -0.1) is 0 Å². The molecule has 2 aliphatic heterocycles. The van der Waals surface area contributed by atoms with Crippen LogP contribution in [0.3, 0.4) is 0 Å². The molecule has 0 aliphatic carbocycles. The summed E-state index contributed by atoms with van der Waals surface area (Å²) in [6.07, 6.45) is 2.42. The number of rotatable bonds is 4. The number of carbonyl (C=O) groups excluding carboxylic acids is 2. The Labute approximate surface area is 146 Å². The fraction of sp³-hybridized carbons (Fsp3) is 0.500. The van der Waals surface area contributed by atoms with E-state index in [0.717, 1.165) is 12.8 Å². The minimum absolute atomic E-state index is 0.0292. The summed E-state index contributed by atoms with van der Waals surface area (Å²) in [6, 6.07) is 6.38. The maximum absolute atomic E-state index is 11.9. The van der Waals surface area contributed by atoms with Gasteiger partial charge in [-0.05, 0) is 43.5 Å². The maximum atomic E-state index is 11.9. The normalized spacial score (nSPS) is 21.9. The Morgan fingerprint density at radius 1 is 1.16 bits per heavy atom. The number of anilines is 2. The molecule has 2 N–H and O–H groups in total. The van der Waals surface area contributed by atoms with Crippen molar-refractivity contribution in [3.05, 3.63) is 24.3 Å². The number of sulfonamides is 1. The SMILES string of the molecule is O=C(NCC1CCCO1)C(=O)Nc1ccc(N2CCCS2(=O)=O)cc1. The Balaban J connectivity index is 1.53. The lowest BCUT2D eigenvalue weighted by molar-refractivity contribution is -0.136. The number of amides is 2. The summed E-state index contributed by atoms with van der Waals surface area (Å²) >= 11 is 0. The minimum atomic E-state index is -3.24. The molecule has 25 heavy (non-hydrogen) atoms. The second-order valence-electron chi connectivity index (χ2n) is 6.09. The van der Waals surface area contributed by atoms with Gasteiger partial charge in [0.15, 0.2) is 0 Å². The van der Waals surface area contributed by atoms with Crippen LogP contribution in [0, 0.1) is 0 Å². The van der Waals surface area contributed by atoms with Crippen LogP contribution < -0.4 is 14.9 Å². The van der Waals surface area contributed by atoms with Crippen LogP contribution in [0.1, 0.15) is 19.3 Å². The van der Waals surface area contributed by atoms with Crippen LogP contribution in [0.4, 0.5) is 11.4 Å². The molecule has 0 saturated carbocycles. The molecule has 8 nitrogen and oxygen atoms in total. The summed E-state index contributed by atoms with van der Waals surface area (Å²) in [5.41, 5.74) is 0.982. The number of nitrogens with zero attached hydrogens (tertiary/aromatic N) is 1. The van der Waals surface area contributed by atoms with Crippen molar-refractivity contribution in [1.82, 2.24) is 5.32 Å². The van der Waals surface area contributed by atoms with E-state index in [1.807, 2.05) is 0 Å². The van der Waals surface area contributed by atoms with Gasteiger partial charge in [0, 0.05) is 25.4 Å². The summed E-state index contributed by atoms with van der Waals surface area (Å²) in [5, 5.41) is 5.04. The third-order valence-corrected chi connectivity index (χ3v) is 6.10. The molecule has 9 heteroatoms. The van der Waals surface area contributed by atoms with E-state index in [0.29, 0.717) is 37.5 Å². The number of nitrogens with one attached hydrogen (secondary N) is 2. The second-order valence-corrected chi connectivity index (χ2v) is 8.10. The van der Waals surface area contributed by atoms with Crippen molar-refractivity contribution >= 4 is 33.2 Å². The van der Waals surface area contributed by atoms with Crippen LogP contribution in [-0.2, 0) is 24.3 Å². The van der Waals surface area contributed by atoms with Crippen LogP contribution in [0.5, 0.6) is 0 Å². The number of carbonyl (C=O) groups is 2. The summed E-state index contributed by atoms with van der Waals surface area (Å²) < 4.78 is 30.5. The van der Waals surface area contributed by atoms with E-state index in [9.17, 15) is 18.0 Å². The van der Waals surface area contributed by atoms with Gasteiger partial charge >= 0.3 is 11.8 Å². The van der Waals surface area contributed by atoms with Crippen LogP contribution in [0.25, 0.3) is 0 Å². The van der Waals surface area contributed by atoms with Crippen molar-refractivity contribution in [3.63, 3.8) is 0 Å². The zero-order chi connectivity index (χ0) is 17.9. The first-order valence-corrected chi connectivity index (χ1v) is 9.88. The van der Waals surface area contributed by atoms with Gasteiger partial charge in [0.1, 0.15) is 0 Å². The molecule has 3 rings (SSSR count). The van der Waals surface area contributed by atoms with Crippen molar-refractivity contribution in [2.45, 2.75) is 25.4 Å². The molecule has 1 unspecified atom stereocenters. The van der Waals surface area contributed by atoms with Gasteiger partial charge in [0.25, 0.3) is 0 Å². The number of benzene rings is 1. The van der Waals surface area contributed by atoms with E-state index < -0.39 is 21.8 Å². The van der Waals surface area contributed by atoms with Crippen molar-refractivity contribution in [2.24, 2.45) is 0 Å². The van der Waals surface area contributed by atoms with E-state index in [2.05, 4.69) is 10.6 Å². The molecular weight excluding hydrogens is 346 g/mol. The molecule has 2 aliphatic rings. The van der Waals surface area contributed by atoms with Gasteiger partial charge in [0.05, 0.1) is 17.5 Å². The Kier molecular flexibility index (Phi) is 5.24. The minimum Gasteiger partial charge on any atom is -0.376 e. The summed E-state index contributed by atoms with van der Waals surface area (Å²) in [5.74, 6) is -1.34. The average molecular weight is 367 g/mol. The van der Waals surface area contributed by atoms with Gasteiger partial charge in [-0.2, -0.15) is 0 Å². The number of hydrogen-bond donors (Lipinski definition) is 2. The van der Waals surface area contributed by atoms with Gasteiger partial charge in [-0.25, -0.2) is 8.42 Å². The third-order valence-electron chi connectivity index (χ3n) is 4.23. The van der Waals surface area contributed by atoms with Crippen molar-refractivity contribution in [2.75, 3.05) is 35.1 Å². The highest BCUT2D eigenvalue weighted by molar-refractivity contribution is 7.93. The Hall–Kier alpha value is -2.13. The van der Waals surface area contributed by atoms with E-state index >= 15 is 0 Å². The Morgan fingerprint density at radius 2 is 1.92 bits per heavy atom. The van der Waals surface area contributed by atoms with Crippen LogP contribution in [0.2, 0.25) is 0 Å². The van der Waals surface area contributed by atoms with E-state index in [4.69, 9.17) is 4.74 Å². The summed E-state index contributed by atoms with van der Waals surface area (Å²) in [7, 11) is -3.24. The highest BCUT2D eigenvalue weighted by Gasteiger charge is 2.28. The van der Waals surface area contributed by atoms with Gasteiger partial charge < -0.3 is 15.4 Å². The monoisotopic (exact) mass is 367 g/mol. The smallest absolute Gasteiger partial charge is 0.313 e. The molecule has 0 bridgehead atoms. The maximum Gasteiger partial charge on any atom is 0.313 e. The lowest BCUT2D eigenvalue weighted by Gasteiger charge is -2.17. The molecule has 0 radical (unpaired) electrons. The molecular formula is C16H21N3O5S. The first-order valence-electron chi connectivity index (χ1n) is 8.27. The van der Waals surface area contributed by atoms with Gasteiger partial charge in [0.2, 0.25) is 10.0 Å². The van der Waals surface area contributed by atoms with Crippen LogP contribution in [-0.4, -0.2) is 51.8 Å². The molecule has 2 amide bonds. The highest BCUT2D eigenvalue weighted by atomic mass is 32.2. The fourth-order valence-electron chi connectivity index (χ4n) is 2.92. The average Bonchev–Trinajstić information content (AvgIpc) is 3.22. The predicted octanol–water partition coefficient (Wildman–Crippen LogP) is 0.460. The lowest BCUT2D eigenvalue weighted by atomic mass is 10.2. The topological polar surface area (TPSA) is 105 Å². The molecule has 1 aromatic rings. The first kappa shape index (κ1) is 17.7. The molecule has 0 aromatic heterocycles. The van der Waals surface area contributed by atoms with Gasteiger partial charge in [-0.1, -0.05) is 0 Å². The van der Waals surface area contributed by atoms with Crippen molar-refractivity contribution in [1.29, 1.82) is 0 Å². The molecule has 1 atom stereocenters. The van der Waals surface area contributed by atoms with Crippen LogP contribution in [0.15, 0.2) is 24.3 Å². The zero-order valence-electron chi connectivity index (χ0n) is 13.7. The van der Waals surface area contributed by atoms with Crippen molar-refractivity contribution in [3.8, 4) is 0 Å². The molecule has 2 heterocycles. The largest absolute Gasteiger partial charge is 0.376 e. The third kappa shape index (κ3) is 4.29. The molecule has 2 fully saturated rings. The van der Waals surface area contributed by atoms with Crippen LogP contribution >= 0.6 is 0 Å². The Bertz CT molecular complexity index is 742. The van der Waals surface area contributed by atoms with E-state index in [1.165, 1.54) is 4.31 Å². The molecule has 1 aromatic carbocycles. The van der Waals surface area contributed by atoms with Gasteiger partial charge in [-0.3, -0.25) is 13.9 Å². The number of hydrogen-bond acceptors (Lipinski definition) is 5. The molecule has 0 spiro atoms.